The van der Waals surface area contributed by atoms with Gasteiger partial charge in [0.1, 0.15) is 11.6 Å². The van der Waals surface area contributed by atoms with Gasteiger partial charge in [0.05, 0.1) is 35.5 Å². The molecule has 0 N–H and O–H groups in total. The van der Waals surface area contributed by atoms with Crippen molar-refractivity contribution in [2.24, 2.45) is 0 Å². The van der Waals surface area contributed by atoms with Gasteiger partial charge in [-0.1, -0.05) is 42.5 Å². The summed E-state index contributed by atoms with van der Waals surface area (Å²) in [5, 5.41) is 10.4. The average Bonchev–Trinajstić information content (AvgIpc) is 3.36. The van der Waals surface area contributed by atoms with E-state index in [1.54, 1.807) is 34.3 Å². The molecule has 4 nitrogen and oxygen atoms in total. The number of nitrogens with zero attached hydrogens (tertiary/aromatic N) is 2. The van der Waals surface area contributed by atoms with E-state index in [-0.39, 0.29) is 16.7 Å². The van der Waals surface area contributed by atoms with Crippen LogP contribution >= 0.6 is 11.9 Å². The van der Waals surface area contributed by atoms with Crippen molar-refractivity contribution in [3.8, 4) is 39.6 Å². The van der Waals surface area contributed by atoms with Gasteiger partial charge in [0.25, 0.3) is 6.43 Å². The Morgan fingerprint density at radius 1 is 0.870 bits per heavy atom. The maximum Gasteiger partial charge on any atom is 0.337 e. The predicted molar refractivity (Wildman–Crippen MR) is 172 cm³/mol. The maximum absolute atomic E-state index is 15.8. The molecule has 0 fully saturated rings. The second kappa shape index (κ2) is 12.6. The number of aromatic nitrogens is 1. The highest BCUT2D eigenvalue weighted by Gasteiger charge is 2.26. The molecule has 9 heteroatoms. The van der Waals surface area contributed by atoms with Crippen LogP contribution < -0.4 is 0 Å². The number of carbonyl (C=O) groups excluding carboxylic acids is 1. The number of ether oxygens (including phenoxy) is 1. The lowest BCUT2D eigenvalue weighted by Crippen LogP contribution is -2.01. The highest BCUT2D eigenvalue weighted by molar-refractivity contribution is 7.98. The molecular formula is C37H24F4N2O2S. The number of hydrogen-bond donors (Lipinski definition) is 0. The Kier molecular flexibility index (Phi) is 8.39. The van der Waals surface area contributed by atoms with Crippen LogP contribution in [0.15, 0.2) is 108 Å². The first kappa shape index (κ1) is 30.7. The number of hydrogen-bond acceptors (Lipinski definition) is 4. The third kappa shape index (κ3) is 5.64. The number of nitriles is 1. The van der Waals surface area contributed by atoms with E-state index in [9.17, 15) is 23.2 Å². The molecule has 0 saturated carbocycles. The fraction of sp³-hybridized carbons (Fsp3) is 0.0811. The monoisotopic (exact) mass is 636 g/mol. The SMILES string of the molecule is COC(=O)c1ccc(-c2cccc(-c3c(-c4c(F)cccc4C#N)c4cc(F)ccc4n3Sc3ccc(C(F)F)cc3)c2)c(C)c1. The van der Waals surface area contributed by atoms with E-state index in [0.29, 0.717) is 38.2 Å². The summed E-state index contributed by atoms with van der Waals surface area (Å²) in [5.74, 6) is -1.66. The minimum absolute atomic E-state index is 0.0204. The molecule has 0 aliphatic carbocycles. The molecule has 5 aromatic carbocycles. The van der Waals surface area contributed by atoms with Crippen LogP contribution in [0.5, 0.6) is 0 Å². The Bertz CT molecular complexity index is 2170. The van der Waals surface area contributed by atoms with E-state index < -0.39 is 24.0 Å². The van der Waals surface area contributed by atoms with Crippen LogP contribution in [0.4, 0.5) is 17.6 Å². The minimum atomic E-state index is -2.63. The number of fused-ring (bicyclic) bond motifs is 1. The Morgan fingerprint density at radius 2 is 1.61 bits per heavy atom. The summed E-state index contributed by atoms with van der Waals surface area (Å²) in [6.45, 7) is 1.87. The Labute approximate surface area is 266 Å². The van der Waals surface area contributed by atoms with Crippen LogP contribution in [0.2, 0.25) is 0 Å². The Balaban J connectivity index is 1.64. The third-order valence-electron chi connectivity index (χ3n) is 7.69. The van der Waals surface area contributed by atoms with Gasteiger partial charge in [-0.3, -0.25) is 3.97 Å². The molecule has 0 unspecified atom stereocenters. The average molecular weight is 637 g/mol. The van der Waals surface area contributed by atoms with Crippen LogP contribution in [0, 0.1) is 29.9 Å². The number of benzene rings is 5. The summed E-state index contributed by atoms with van der Waals surface area (Å²) in [5.41, 5.74) is 4.77. The lowest BCUT2D eigenvalue weighted by molar-refractivity contribution is 0.0600. The predicted octanol–water partition coefficient (Wildman–Crippen LogP) is 10.4. The van der Waals surface area contributed by atoms with Crippen molar-refractivity contribution in [1.29, 1.82) is 5.26 Å². The molecule has 46 heavy (non-hydrogen) atoms. The van der Waals surface area contributed by atoms with E-state index in [1.807, 2.05) is 37.3 Å². The van der Waals surface area contributed by atoms with E-state index in [4.69, 9.17) is 4.74 Å². The van der Waals surface area contributed by atoms with E-state index in [1.165, 1.54) is 61.5 Å². The van der Waals surface area contributed by atoms with Crippen LogP contribution in [0.1, 0.15) is 33.5 Å². The first-order chi connectivity index (χ1) is 22.2. The molecule has 0 aliphatic rings. The van der Waals surface area contributed by atoms with Crippen molar-refractivity contribution in [2.45, 2.75) is 18.2 Å². The molecule has 0 spiro atoms. The molecule has 6 rings (SSSR count). The Morgan fingerprint density at radius 3 is 2.30 bits per heavy atom. The first-order valence-corrected chi connectivity index (χ1v) is 14.9. The fourth-order valence-electron chi connectivity index (χ4n) is 5.56. The standard InChI is InChI=1S/C37H24F4N2O2S/c1-21-17-25(37(44)45-2)11-15-29(21)23-5-3-6-24(18-23)35-34(33-26(20-42)7-4-8-31(33)39)30-19-27(38)12-16-32(30)43(35)46-28-13-9-22(10-14-28)36(40)41/h3-19,36H,1-2H3. The number of esters is 1. The molecule has 0 atom stereocenters. The smallest absolute Gasteiger partial charge is 0.337 e. The highest BCUT2D eigenvalue weighted by Crippen LogP contribution is 2.47. The molecular weight excluding hydrogens is 612 g/mol. The van der Waals surface area contributed by atoms with Gasteiger partial charge in [-0.2, -0.15) is 5.26 Å². The van der Waals surface area contributed by atoms with Gasteiger partial charge in [0.2, 0.25) is 0 Å². The topological polar surface area (TPSA) is 55.0 Å². The van der Waals surface area contributed by atoms with E-state index in [2.05, 4.69) is 6.07 Å². The highest BCUT2D eigenvalue weighted by atomic mass is 32.2. The van der Waals surface area contributed by atoms with Crippen molar-refractivity contribution in [3.63, 3.8) is 0 Å². The third-order valence-corrected chi connectivity index (χ3v) is 8.74. The minimum Gasteiger partial charge on any atom is -0.465 e. The van der Waals surface area contributed by atoms with Crippen molar-refractivity contribution < 1.29 is 27.1 Å². The van der Waals surface area contributed by atoms with Crippen LogP contribution in [0.3, 0.4) is 0 Å². The van der Waals surface area contributed by atoms with Gasteiger partial charge < -0.3 is 4.74 Å². The van der Waals surface area contributed by atoms with Gasteiger partial charge in [-0.05, 0) is 96.2 Å². The van der Waals surface area contributed by atoms with Gasteiger partial charge in [0.15, 0.2) is 0 Å². The van der Waals surface area contributed by atoms with Crippen LogP contribution in [-0.4, -0.2) is 17.1 Å². The molecule has 0 bridgehead atoms. The number of alkyl halides is 2. The van der Waals surface area contributed by atoms with Crippen molar-refractivity contribution in [2.75, 3.05) is 7.11 Å². The number of methoxy groups -OCH3 is 1. The zero-order chi connectivity index (χ0) is 32.5. The second-order valence-electron chi connectivity index (χ2n) is 10.5. The largest absolute Gasteiger partial charge is 0.465 e. The molecule has 1 heterocycles. The van der Waals surface area contributed by atoms with E-state index in [0.717, 1.165) is 16.7 Å². The molecule has 0 aliphatic heterocycles. The van der Waals surface area contributed by atoms with Gasteiger partial charge in [-0.25, -0.2) is 22.4 Å². The summed E-state index contributed by atoms with van der Waals surface area (Å²) < 4.78 is 63.9. The molecule has 6 aromatic rings. The Hall–Kier alpha value is -5.33. The quantitative estimate of drug-likeness (QED) is 0.129. The molecule has 0 saturated heterocycles. The van der Waals surface area contributed by atoms with Crippen LogP contribution in [-0.2, 0) is 4.74 Å². The van der Waals surface area contributed by atoms with Crippen molar-refractivity contribution >= 4 is 28.8 Å². The summed E-state index contributed by atoms with van der Waals surface area (Å²) in [7, 11) is 1.32. The number of halogens is 4. The summed E-state index contributed by atoms with van der Waals surface area (Å²) >= 11 is 1.20. The lowest BCUT2D eigenvalue weighted by atomic mass is 9.92. The summed E-state index contributed by atoms with van der Waals surface area (Å²) in [4.78, 5) is 12.7. The van der Waals surface area contributed by atoms with Gasteiger partial charge >= 0.3 is 5.97 Å². The second-order valence-corrected chi connectivity index (χ2v) is 11.5. The van der Waals surface area contributed by atoms with Crippen LogP contribution in [0.25, 0.3) is 44.4 Å². The number of rotatable bonds is 7. The normalized spacial score (nSPS) is 11.2. The molecule has 228 valence electrons. The van der Waals surface area contributed by atoms with Gasteiger partial charge in [-0.15, -0.1) is 0 Å². The molecule has 1 aromatic heterocycles. The number of carbonyl (C=O) groups is 1. The fourth-order valence-corrected chi connectivity index (χ4v) is 6.58. The maximum atomic E-state index is 15.8. The zero-order valence-electron chi connectivity index (χ0n) is 24.5. The van der Waals surface area contributed by atoms with Crippen molar-refractivity contribution in [3.05, 3.63) is 137 Å². The van der Waals surface area contributed by atoms with E-state index >= 15 is 4.39 Å². The summed E-state index contributed by atoms with van der Waals surface area (Å²) in [6.07, 6.45) is -2.63. The first-order valence-electron chi connectivity index (χ1n) is 14.1. The van der Waals surface area contributed by atoms with Crippen molar-refractivity contribution in [1.82, 2.24) is 3.97 Å². The lowest BCUT2D eigenvalue weighted by Gasteiger charge is -2.15. The number of aryl methyl sites for hydroxylation is 1. The molecule has 0 amide bonds. The summed E-state index contributed by atoms with van der Waals surface area (Å²) in [6, 6.07) is 28.9. The molecule has 0 radical (unpaired) electrons. The van der Waals surface area contributed by atoms with Gasteiger partial charge in [0, 0.05) is 32.5 Å². The zero-order valence-corrected chi connectivity index (χ0v) is 25.3.